The van der Waals surface area contributed by atoms with Crippen LogP contribution in [0.4, 0.5) is 0 Å². The summed E-state index contributed by atoms with van der Waals surface area (Å²) >= 11 is 0. The SMILES string of the molecule is CCCOc1ccc(C(=O)NC(C)c2cccnc2)cc1. The highest BCUT2D eigenvalue weighted by molar-refractivity contribution is 5.94. The molecule has 1 N–H and O–H groups in total. The van der Waals surface area contributed by atoms with Crippen LogP contribution in [0.25, 0.3) is 0 Å². The van der Waals surface area contributed by atoms with Crippen molar-refractivity contribution in [2.75, 3.05) is 6.61 Å². The van der Waals surface area contributed by atoms with Gasteiger partial charge in [0.15, 0.2) is 0 Å². The van der Waals surface area contributed by atoms with Gasteiger partial charge in [0, 0.05) is 18.0 Å². The molecule has 0 aliphatic heterocycles. The van der Waals surface area contributed by atoms with Crippen molar-refractivity contribution in [2.24, 2.45) is 0 Å². The van der Waals surface area contributed by atoms with Crippen LogP contribution >= 0.6 is 0 Å². The largest absolute Gasteiger partial charge is 0.494 e. The predicted octanol–water partition coefficient (Wildman–Crippen LogP) is 3.36. The van der Waals surface area contributed by atoms with Crippen molar-refractivity contribution in [1.29, 1.82) is 0 Å². The van der Waals surface area contributed by atoms with E-state index in [1.807, 2.05) is 31.2 Å². The summed E-state index contributed by atoms with van der Waals surface area (Å²) in [6.07, 6.45) is 4.44. The zero-order valence-electron chi connectivity index (χ0n) is 12.4. The van der Waals surface area contributed by atoms with Gasteiger partial charge in [-0.15, -0.1) is 0 Å². The van der Waals surface area contributed by atoms with E-state index in [1.54, 1.807) is 24.5 Å². The number of benzene rings is 1. The number of carbonyl (C=O) groups is 1. The minimum Gasteiger partial charge on any atom is -0.494 e. The van der Waals surface area contributed by atoms with E-state index in [9.17, 15) is 4.79 Å². The van der Waals surface area contributed by atoms with Crippen LogP contribution in [-0.4, -0.2) is 17.5 Å². The summed E-state index contributed by atoms with van der Waals surface area (Å²) in [7, 11) is 0. The van der Waals surface area contributed by atoms with Gasteiger partial charge in [-0.2, -0.15) is 0 Å². The third kappa shape index (κ3) is 4.31. The Balaban J connectivity index is 1.97. The summed E-state index contributed by atoms with van der Waals surface area (Å²) in [6.45, 7) is 4.68. The average molecular weight is 284 g/mol. The number of amides is 1. The third-order valence-corrected chi connectivity index (χ3v) is 3.12. The van der Waals surface area contributed by atoms with E-state index in [-0.39, 0.29) is 11.9 Å². The van der Waals surface area contributed by atoms with Crippen molar-refractivity contribution >= 4 is 5.91 Å². The predicted molar refractivity (Wildman–Crippen MR) is 82.3 cm³/mol. The quantitative estimate of drug-likeness (QED) is 0.885. The maximum Gasteiger partial charge on any atom is 0.251 e. The van der Waals surface area contributed by atoms with E-state index in [4.69, 9.17) is 4.74 Å². The number of pyridine rings is 1. The fourth-order valence-corrected chi connectivity index (χ4v) is 1.92. The smallest absolute Gasteiger partial charge is 0.251 e. The summed E-state index contributed by atoms with van der Waals surface area (Å²) < 4.78 is 5.50. The first-order valence-corrected chi connectivity index (χ1v) is 7.14. The van der Waals surface area contributed by atoms with E-state index >= 15 is 0 Å². The molecule has 110 valence electrons. The highest BCUT2D eigenvalue weighted by Crippen LogP contribution is 2.14. The summed E-state index contributed by atoms with van der Waals surface area (Å²) in [6, 6.07) is 10.9. The van der Waals surface area contributed by atoms with Crippen molar-refractivity contribution in [3.05, 3.63) is 59.9 Å². The van der Waals surface area contributed by atoms with Crippen LogP contribution < -0.4 is 10.1 Å². The van der Waals surface area contributed by atoms with Gasteiger partial charge in [0.05, 0.1) is 12.6 Å². The molecule has 1 unspecified atom stereocenters. The number of carbonyl (C=O) groups excluding carboxylic acids is 1. The molecule has 0 bridgehead atoms. The summed E-state index contributed by atoms with van der Waals surface area (Å²) in [5.41, 5.74) is 1.60. The molecule has 0 saturated carbocycles. The zero-order chi connectivity index (χ0) is 15.1. The fraction of sp³-hybridized carbons (Fsp3) is 0.294. The Hall–Kier alpha value is -2.36. The molecule has 1 aromatic carbocycles. The van der Waals surface area contributed by atoms with E-state index in [0.717, 1.165) is 17.7 Å². The molecule has 21 heavy (non-hydrogen) atoms. The second kappa shape index (κ2) is 7.43. The second-order valence-electron chi connectivity index (χ2n) is 4.85. The Morgan fingerprint density at radius 3 is 2.67 bits per heavy atom. The summed E-state index contributed by atoms with van der Waals surface area (Å²) in [4.78, 5) is 16.2. The van der Waals surface area contributed by atoms with Crippen LogP contribution in [0.15, 0.2) is 48.8 Å². The number of ether oxygens (including phenoxy) is 1. The van der Waals surface area contributed by atoms with Crippen molar-refractivity contribution in [3.63, 3.8) is 0 Å². The molecule has 0 aliphatic carbocycles. The molecule has 0 radical (unpaired) electrons. The first kappa shape index (κ1) is 15.0. The lowest BCUT2D eigenvalue weighted by atomic mass is 10.1. The molecule has 0 aliphatic rings. The molecular formula is C17H20N2O2. The number of hydrogen-bond acceptors (Lipinski definition) is 3. The lowest BCUT2D eigenvalue weighted by molar-refractivity contribution is 0.0940. The standard InChI is InChI=1S/C17H20N2O2/c1-3-11-21-16-8-6-14(7-9-16)17(20)19-13(2)15-5-4-10-18-12-15/h4-10,12-13H,3,11H2,1-2H3,(H,19,20). The number of nitrogens with zero attached hydrogens (tertiary/aromatic N) is 1. The van der Waals surface area contributed by atoms with Crippen LogP contribution in [0.1, 0.15) is 42.2 Å². The Labute approximate surface area is 125 Å². The lowest BCUT2D eigenvalue weighted by Gasteiger charge is -2.14. The molecule has 1 atom stereocenters. The third-order valence-electron chi connectivity index (χ3n) is 3.12. The molecule has 4 heteroatoms. The van der Waals surface area contributed by atoms with E-state index in [2.05, 4.69) is 17.2 Å². The van der Waals surface area contributed by atoms with Gasteiger partial charge >= 0.3 is 0 Å². The van der Waals surface area contributed by atoms with Crippen molar-refractivity contribution in [1.82, 2.24) is 10.3 Å². The molecule has 2 aromatic rings. The van der Waals surface area contributed by atoms with E-state index < -0.39 is 0 Å². The van der Waals surface area contributed by atoms with Crippen molar-refractivity contribution in [2.45, 2.75) is 26.3 Å². The summed E-state index contributed by atoms with van der Waals surface area (Å²) in [5, 5.41) is 2.96. The molecular weight excluding hydrogens is 264 g/mol. The van der Waals surface area contributed by atoms with Crippen LogP contribution in [0.3, 0.4) is 0 Å². The number of rotatable bonds is 6. The normalized spacial score (nSPS) is 11.7. The minimum absolute atomic E-state index is 0.0813. The van der Waals surface area contributed by atoms with Gasteiger partial charge in [-0.1, -0.05) is 13.0 Å². The Morgan fingerprint density at radius 1 is 1.29 bits per heavy atom. The maximum absolute atomic E-state index is 12.2. The van der Waals surface area contributed by atoms with Gasteiger partial charge in [0.25, 0.3) is 5.91 Å². The van der Waals surface area contributed by atoms with Crippen molar-refractivity contribution < 1.29 is 9.53 Å². The van der Waals surface area contributed by atoms with Gasteiger partial charge in [-0.05, 0) is 49.2 Å². The highest BCUT2D eigenvalue weighted by Gasteiger charge is 2.11. The van der Waals surface area contributed by atoms with E-state index in [1.165, 1.54) is 0 Å². The van der Waals surface area contributed by atoms with Crippen LogP contribution in [0.2, 0.25) is 0 Å². The van der Waals surface area contributed by atoms with Gasteiger partial charge < -0.3 is 10.1 Å². The Morgan fingerprint density at radius 2 is 2.05 bits per heavy atom. The molecule has 0 spiro atoms. The van der Waals surface area contributed by atoms with Gasteiger partial charge in [0.1, 0.15) is 5.75 Å². The van der Waals surface area contributed by atoms with Gasteiger partial charge in [-0.25, -0.2) is 0 Å². The van der Waals surface area contributed by atoms with E-state index in [0.29, 0.717) is 12.2 Å². The highest BCUT2D eigenvalue weighted by atomic mass is 16.5. The topological polar surface area (TPSA) is 51.2 Å². The van der Waals surface area contributed by atoms with Crippen molar-refractivity contribution in [3.8, 4) is 5.75 Å². The lowest BCUT2D eigenvalue weighted by Crippen LogP contribution is -2.26. The summed E-state index contributed by atoms with van der Waals surface area (Å²) in [5.74, 6) is 0.683. The number of hydrogen-bond donors (Lipinski definition) is 1. The molecule has 1 aromatic heterocycles. The molecule has 1 amide bonds. The first-order chi connectivity index (χ1) is 10.2. The number of aromatic nitrogens is 1. The zero-order valence-corrected chi connectivity index (χ0v) is 12.4. The molecule has 0 fully saturated rings. The molecule has 1 heterocycles. The van der Waals surface area contributed by atoms with Gasteiger partial charge in [-0.3, -0.25) is 9.78 Å². The molecule has 2 rings (SSSR count). The van der Waals surface area contributed by atoms with Gasteiger partial charge in [0.2, 0.25) is 0 Å². The Bertz CT molecular complexity index is 567. The molecule has 4 nitrogen and oxygen atoms in total. The second-order valence-corrected chi connectivity index (χ2v) is 4.85. The van der Waals surface area contributed by atoms with Crippen LogP contribution in [0.5, 0.6) is 5.75 Å². The first-order valence-electron chi connectivity index (χ1n) is 7.14. The number of nitrogens with one attached hydrogen (secondary N) is 1. The molecule has 0 saturated heterocycles. The fourth-order valence-electron chi connectivity index (χ4n) is 1.92. The Kier molecular flexibility index (Phi) is 5.32. The maximum atomic E-state index is 12.2. The van der Waals surface area contributed by atoms with Crippen LogP contribution in [-0.2, 0) is 0 Å². The monoisotopic (exact) mass is 284 g/mol. The minimum atomic E-state index is -0.103. The van der Waals surface area contributed by atoms with Crippen LogP contribution in [0, 0.1) is 0 Å². The average Bonchev–Trinajstić information content (AvgIpc) is 2.54.